The van der Waals surface area contributed by atoms with E-state index in [0.717, 1.165) is 51.4 Å². The number of allylic oxidation sites excluding steroid dienone is 6. The van der Waals surface area contributed by atoms with Crippen LogP contribution in [0.3, 0.4) is 0 Å². The molecule has 0 saturated heterocycles. The van der Waals surface area contributed by atoms with E-state index in [4.69, 9.17) is 10.8 Å². The van der Waals surface area contributed by atoms with Gasteiger partial charge in [-0.25, -0.2) is 4.79 Å². The topological polar surface area (TPSA) is 109 Å². The van der Waals surface area contributed by atoms with Crippen LogP contribution in [-0.4, -0.2) is 28.9 Å². The molecule has 1 atom stereocenters. The highest BCUT2D eigenvalue weighted by atomic mass is 16.4. The molecule has 6 heteroatoms. The normalized spacial score (nSPS) is 12.8. The fourth-order valence-corrected chi connectivity index (χ4v) is 2.57. The largest absolute Gasteiger partial charge is 0.480 e. The monoisotopic (exact) mass is 392 g/mol. The lowest BCUT2D eigenvalue weighted by Crippen LogP contribution is -2.43. The number of rotatable bonds is 17. The van der Waals surface area contributed by atoms with Crippen molar-refractivity contribution in [2.75, 3.05) is 0 Å². The van der Waals surface area contributed by atoms with Gasteiger partial charge in [0.05, 0.1) is 6.42 Å². The molecule has 0 rings (SSSR count). The van der Waals surface area contributed by atoms with Crippen molar-refractivity contribution in [2.45, 2.75) is 83.6 Å². The third kappa shape index (κ3) is 17.1. The molecule has 2 amide bonds. The fourth-order valence-electron chi connectivity index (χ4n) is 2.57. The van der Waals surface area contributed by atoms with E-state index in [9.17, 15) is 14.4 Å². The highest BCUT2D eigenvalue weighted by molar-refractivity contribution is 5.88. The van der Waals surface area contributed by atoms with Crippen molar-refractivity contribution in [1.82, 2.24) is 5.32 Å². The molecule has 28 heavy (non-hydrogen) atoms. The van der Waals surface area contributed by atoms with E-state index in [1.54, 1.807) is 0 Å². The molecule has 0 aromatic carbocycles. The molecule has 0 aromatic heterocycles. The van der Waals surface area contributed by atoms with Crippen LogP contribution in [0.2, 0.25) is 0 Å². The Labute approximate surface area is 169 Å². The summed E-state index contributed by atoms with van der Waals surface area (Å²) in [5.74, 6) is -2.35. The molecular formula is C22H36N2O4. The lowest BCUT2D eigenvalue weighted by molar-refractivity contribution is -0.143. The van der Waals surface area contributed by atoms with Gasteiger partial charge in [0.25, 0.3) is 0 Å². The molecule has 1 unspecified atom stereocenters. The van der Waals surface area contributed by atoms with Crippen LogP contribution < -0.4 is 11.1 Å². The van der Waals surface area contributed by atoms with Crippen molar-refractivity contribution in [3.8, 4) is 0 Å². The number of nitrogens with two attached hydrogens (primary N) is 1. The second-order valence-electron chi connectivity index (χ2n) is 6.73. The molecule has 0 heterocycles. The SMILES string of the molecule is CC/C=C\C/C=C\C/C=C\CCCCCCCC(=O)NC(CC(N)=O)C(=O)O. The number of carbonyl (C=O) groups excluding carboxylic acids is 2. The molecule has 0 aliphatic heterocycles. The summed E-state index contributed by atoms with van der Waals surface area (Å²) in [6.07, 6.45) is 22.0. The molecule has 0 fully saturated rings. The van der Waals surface area contributed by atoms with Crippen molar-refractivity contribution < 1.29 is 19.5 Å². The van der Waals surface area contributed by atoms with Crippen LogP contribution >= 0.6 is 0 Å². The Kier molecular flexibility index (Phi) is 16.5. The Hall–Kier alpha value is -2.37. The van der Waals surface area contributed by atoms with E-state index >= 15 is 0 Å². The Balaban J connectivity index is 3.61. The average Bonchev–Trinajstić information content (AvgIpc) is 2.64. The van der Waals surface area contributed by atoms with Crippen LogP contribution in [-0.2, 0) is 14.4 Å². The van der Waals surface area contributed by atoms with Gasteiger partial charge in [-0.1, -0.05) is 62.6 Å². The van der Waals surface area contributed by atoms with Gasteiger partial charge in [0, 0.05) is 6.42 Å². The van der Waals surface area contributed by atoms with E-state index in [1.165, 1.54) is 0 Å². The summed E-state index contributed by atoms with van der Waals surface area (Å²) in [6, 6.07) is -1.24. The van der Waals surface area contributed by atoms with Gasteiger partial charge < -0.3 is 16.2 Å². The predicted octanol–water partition coefficient (Wildman–Crippen LogP) is 4.02. The molecule has 0 aliphatic carbocycles. The Morgan fingerprint density at radius 3 is 2.07 bits per heavy atom. The first-order chi connectivity index (χ1) is 13.5. The number of unbranched alkanes of at least 4 members (excludes halogenated alkanes) is 5. The summed E-state index contributed by atoms with van der Waals surface area (Å²) in [5.41, 5.74) is 4.98. The van der Waals surface area contributed by atoms with E-state index < -0.39 is 17.9 Å². The van der Waals surface area contributed by atoms with Gasteiger partial charge in [0.15, 0.2) is 0 Å². The molecule has 0 spiro atoms. The Morgan fingerprint density at radius 1 is 0.893 bits per heavy atom. The van der Waals surface area contributed by atoms with E-state index in [1.807, 2.05) is 0 Å². The van der Waals surface area contributed by atoms with Gasteiger partial charge in [-0.2, -0.15) is 0 Å². The zero-order valence-corrected chi connectivity index (χ0v) is 17.1. The molecule has 0 saturated carbocycles. The van der Waals surface area contributed by atoms with Gasteiger partial charge in [-0.05, 0) is 38.5 Å². The fraction of sp³-hybridized carbons (Fsp3) is 0.591. The van der Waals surface area contributed by atoms with Crippen LogP contribution in [0, 0.1) is 0 Å². The molecule has 158 valence electrons. The van der Waals surface area contributed by atoms with Crippen LogP contribution in [0.1, 0.15) is 77.6 Å². The number of carbonyl (C=O) groups is 3. The minimum absolute atomic E-state index is 0.266. The lowest BCUT2D eigenvalue weighted by Gasteiger charge is -2.12. The minimum atomic E-state index is -1.25. The summed E-state index contributed by atoms with van der Waals surface area (Å²) in [7, 11) is 0. The maximum Gasteiger partial charge on any atom is 0.326 e. The molecule has 6 nitrogen and oxygen atoms in total. The molecule has 0 radical (unpaired) electrons. The van der Waals surface area contributed by atoms with Gasteiger partial charge in [-0.15, -0.1) is 0 Å². The number of carboxylic acids is 1. The molecule has 0 aliphatic rings. The van der Waals surface area contributed by atoms with E-state index in [0.29, 0.717) is 6.42 Å². The van der Waals surface area contributed by atoms with Crippen molar-refractivity contribution in [1.29, 1.82) is 0 Å². The van der Waals surface area contributed by atoms with Crippen LogP contribution in [0.25, 0.3) is 0 Å². The van der Waals surface area contributed by atoms with Gasteiger partial charge in [0.2, 0.25) is 11.8 Å². The number of primary amides is 1. The van der Waals surface area contributed by atoms with Crippen LogP contribution in [0.5, 0.6) is 0 Å². The van der Waals surface area contributed by atoms with Crippen molar-refractivity contribution in [2.24, 2.45) is 5.73 Å². The quantitative estimate of drug-likeness (QED) is 0.256. The molecular weight excluding hydrogens is 356 g/mol. The summed E-state index contributed by atoms with van der Waals surface area (Å²) in [5, 5.41) is 11.3. The number of aliphatic carboxylic acids is 1. The van der Waals surface area contributed by atoms with Crippen LogP contribution in [0.4, 0.5) is 0 Å². The first-order valence-electron chi connectivity index (χ1n) is 10.2. The molecule has 4 N–H and O–H groups in total. The second kappa shape index (κ2) is 18.0. The van der Waals surface area contributed by atoms with Crippen molar-refractivity contribution >= 4 is 17.8 Å². The lowest BCUT2D eigenvalue weighted by atomic mass is 10.1. The number of hydrogen-bond donors (Lipinski definition) is 3. The average molecular weight is 393 g/mol. The summed E-state index contributed by atoms with van der Waals surface area (Å²) >= 11 is 0. The van der Waals surface area contributed by atoms with Gasteiger partial charge in [0.1, 0.15) is 6.04 Å². The zero-order chi connectivity index (χ0) is 21.0. The highest BCUT2D eigenvalue weighted by Crippen LogP contribution is 2.08. The Morgan fingerprint density at radius 2 is 1.46 bits per heavy atom. The summed E-state index contributed by atoms with van der Waals surface area (Å²) < 4.78 is 0. The molecule has 0 aromatic rings. The molecule has 0 bridgehead atoms. The zero-order valence-electron chi connectivity index (χ0n) is 17.1. The maximum atomic E-state index is 11.7. The second-order valence-corrected chi connectivity index (χ2v) is 6.73. The third-order valence-corrected chi connectivity index (χ3v) is 4.09. The Bertz CT molecular complexity index is 539. The minimum Gasteiger partial charge on any atom is -0.480 e. The standard InChI is InChI=1S/C22H36N2O4/c1-2-3-4-5-6-7-8-9-10-11-12-13-14-15-16-17-21(26)24-19(22(27)28)18-20(23)25/h3-4,6-7,9-10,19H,2,5,8,11-18H2,1H3,(H2,23,25)(H,24,26)(H,27,28)/b4-3-,7-6-,10-9-. The van der Waals surface area contributed by atoms with Crippen LogP contribution in [0.15, 0.2) is 36.5 Å². The number of nitrogens with one attached hydrogen (secondary N) is 1. The third-order valence-electron chi connectivity index (χ3n) is 4.09. The predicted molar refractivity (Wildman–Crippen MR) is 113 cm³/mol. The van der Waals surface area contributed by atoms with E-state index in [2.05, 4.69) is 48.7 Å². The van der Waals surface area contributed by atoms with E-state index in [-0.39, 0.29) is 18.7 Å². The first-order valence-corrected chi connectivity index (χ1v) is 10.2. The summed E-state index contributed by atoms with van der Waals surface area (Å²) in [4.78, 5) is 33.5. The van der Waals surface area contributed by atoms with Gasteiger partial charge >= 0.3 is 5.97 Å². The number of hydrogen-bond acceptors (Lipinski definition) is 3. The summed E-state index contributed by atoms with van der Waals surface area (Å²) in [6.45, 7) is 2.13. The highest BCUT2D eigenvalue weighted by Gasteiger charge is 2.21. The van der Waals surface area contributed by atoms with Crippen molar-refractivity contribution in [3.63, 3.8) is 0 Å². The van der Waals surface area contributed by atoms with Crippen molar-refractivity contribution in [3.05, 3.63) is 36.5 Å². The number of amides is 2. The maximum absolute atomic E-state index is 11.7. The number of carboxylic acid groups (broad SMARTS) is 1. The smallest absolute Gasteiger partial charge is 0.326 e. The first kappa shape index (κ1) is 25.6. The van der Waals surface area contributed by atoms with Gasteiger partial charge in [-0.3, -0.25) is 9.59 Å².